The van der Waals surface area contributed by atoms with Crippen molar-refractivity contribution in [2.24, 2.45) is 0 Å². The molecule has 1 aromatic rings. The van der Waals surface area contributed by atoms with Crippen LogP contribution in [-0.4, -0.2) is 6.29 Å². The zero-order chi connectivity index (χ0) is 10.1. The predicted octanol–water partition coefficient (Wildman–Crippen LogP) is 3.98. The fourth-order valence-electron chi connectivity index (χ4n) is 0.557. The second-order valence-corrected chi connectivity index (χ2v) is 3.18. The van der Waals surface area contributed by atoms with Gasteiger partial charge in [-0.05, 0) is 18.6 Å². The van der Waals surface area contributed by atoms with Crippen LogP contribution < -0.4 is 0 Å². The van der Waals surface area contributed by atoms with Crippen molar-refractivity contribution in [3.05, 3.63) is 34.3 Å². The van der Waals surface area contributed by atoms with Crippen LogP contribution in [0.5, 0.6) is 0 Å². The molecule has 0 N–H and O–H groups in total. The molecule has 3 heteroatoms. The topological polar surface area (TPSA) is 17.1 Å². The number of benzene rings is 1. The van der Waals surface area contributed by atoms with Gasteiger partial charge in [-0.25, -0.2) is 0 Å². The highest BCUT2D eigenvalue weighted by Gasteiger charge is 1.89. The maximum Gasteiger partial charge on any atom is 0.119 e. The Balaban J connectivity index is 0.000000252. The Bertz CT molecular complexity index is 227. The summed E-state index contributed by atoms with van der Waals surface area (Å²) in [7, 11) is 0. The summed E-state index contributed by atoms with van der Waals surface area (Å²) in [5.74, 6) is 0. The third-order valence-electron chi connectivity index (χ3n) is 1.23. The molecule has 1 aromatic carbocycles. The zero-order valence-corrected chi connectivity index (χ0v) is 8.98. The van der Waals surface area contributed by atoms with Crippen LogP contribution in [0.15, 0.2) is 24.3 Å². The lowest BCUT2D eigenvalue weighted by Gasteiger charge is -1.88. The minimum atomic E-state index is 0.606. The van der Waals surface area contributed by atoms with Crippen molar-refractivity contribution in [2.75, 3.05) is 0 Å². The molecule has 1 nitrogen and oxygen atoms in total. The molecule has 0 aliphatic heterocycles. The maximum atomic E-state index is 9.40. The van der Waals surface area contributed by atoms with E-state index in [4.69, 9.17) is 23.2 Å². The molecule has 0 aromatic heterocycles. The summed E-state index contributed by atoms with van der Waals surface area (Å²) in [6.07, 6.45) is 2.61. The van der Waals surface area contributed by atoms with Gasteiger partial charge in [0.25, 0.3) is 0 Å². The molecule has 1 rings (SSSR count). The molecule has 0 amide bonds. The molecule has 0 bridgehead atoms. The summed E-state index contributed by atoms with van der Waals surface area (Å²) in [5, 5.41) is 1.21. The normalized spacial score (nSPS) is 8.54. The minimum Gasteiger partial charge on any atom is -0.303 e. The summed E-state index contributed by atoms with van der Waals surface area (Å²) in [5.41, 5.74) is 0. The van der Waals surface area contributed by atoms with Gasteiger partial charge in [-0.2, -0.15) is 0 Å². The van der Waals surface area contributed by atoms with E-state index in [0.717, 1.165) is 12.7 Å². The number of halogens is 2. The average Bonchev–Trinajstić information content (AvgIpc) is 2.13. The SMILES string of the molecule is CCCC=O.Clc1ccccc1Cl. The van der Waals surface area contributed by atoms with Crippen molar-refractivity contribution in [3.63, 3.8) is 0 Å². The third kappa shape index (κ3) is 6.62. The first kappa shape index (κ1) is 12.5. The molecule has 13 heavy (non-hydrogen) atoms. The Morgan fingerprint density at radius 2 is 1.69 bits per heavy atom. The lowest BCUT2D eigenvalue weighted by molar-refractivity contribution is -0.107. The third-order valence-corrected chi connectivity index (χ3v) is 1.99. The van der Waals surface area contributed by atoms with Crippen LogP contribution in [0.2, 0.25) is 10.0 Å². The van der Waals surface area contributed by atoms with Crippen molar-refractivity contribution in [3.8, 4) is 0 Å². The molecule has 0 radical (unpaired) electrons. The van der Waals surface area contributed by atoms with E-state index in [0.29, 0.717) is 16.5 Å². The molecule has 0 saturated carbocycles. The fraction of sp³-hybridized carbons (Fsp3) is 0.300. The van der Waals surface area contributed by atoms with Crippen molar-refractivity contribution in [1.29, 1.82) is 0 Å². The van der Waals surface area contributed by atoms with Crippen molar-refractivity contribution in [2.45, 2.75) is 19.8 Å². The van der Waals surface area contributed by atoms with Crippen LogP contribution in [0.3, 0.4) is 0 Å². The lowest BCUT2D eigenvalue weighted by Crippen LogP contribution is -1.64. The first-order valence-electron chi connectivity index (χ1n) is 4.06. The van der Waals surface area contributed by atoms with Crippen molar-refractivity contribution < 1.29 is 4.79 Å². The molecule has 0 aliphatic rings. The fourth-order valence-corrected chi connectivity index (χ4v) is 0.829. The van der Waals surface area contributed by atoms with Gasteiger partial charge < -0.3 is 4.79 Å². The number of hydrogen-bond acceptors (Lipinski definition) is 1. The number of unbranched alkanes of at least 4 members (excludes halogenated alkanes) is 1. The van der Waals surface area contributed by atoms with Crippen LogP contribution in [0.25, 0.3) is 0 Å². The van der Waals surface area contributed by atoms with E-state index in [1.54, 1.807) is 12.1 Å². The molecule has 0 unspecified atom stereocenters. The van der Waals surface area contributed by atoms with Gasteiger partial charge in [-0.3, -0.25) is 0 Å². The van der Waals surface area contributed by atoms with Gasteiger partial charge in [0, 0.05) is 6.42 Å². The van der Waals surface area contributed by atoms with Gasteiger partial charge in [0.1, 0.15) is 6.29 Å². The molecule has 0 fully saturated rings. The first-order valence-corrected chi connectivity index (χ1v) is 4.81. The van der Waals surface area contributed by atoms with Crippen LogP contribution in [0, 0.1) is 0 Å². The summed E-state index contributed by atoms with van der Waals surface area (Å²) in [4.78, 5) is 9.40. The molecular formula is C10H12Cl2O. The van der Waals surface area contributed by atoms with E-state index in [1.807, 2.05) is 19.1 Å². The Labute approximate surface area is 88.7 Å². The van der Waals surface area contributed by atoms with Crippen LogP contribution in [0.1, 0.15) is 19.8 Å². The van der Waals surface area contributed by atoms with Crippen molar-refractivity contribution in [1.82, 2.24) is 0 Å². The molecule has 0 spiro atoms. The largest absolute Gasteiger partial charge is 0.303 e. The van der Waals surface area contributed by atoms with E-state index >= 15 is 0 Å². The quantitative estimate of drug-likeness (QED) is 0.687. The molecule has 0 aliphatic carbocycles. The molecular weight excluding hydrogens is 207 g/mol. The van der Waals surface area contributed by atoms with Gasteiger partial charge in [0.15, 0.2) is 0 Å². The van der Waals surface area contributed by atoms with Crippen LogP contribution >= 0.6 is 23.2 Å². The van der Waals surface area contributed by atoms with Gasteiger partial charge in [0.2, 0.25) is 0 Å². The standard InChI is InChI=1S/C6H4Cl2.C4H8O/c7-5-3-1-2-4-6(5)8;1-2-3-4-5/h1-4H;4H,2-3H2,1H3. The van der Waals surface area contributed by atoms with Crippen molar-refractivity contribution >= 4 is 29.5 Å². The molecule has 0 heterocycles. The summed E-state index contributed by atoms with van der Waals surface area (Å²) < 4.78 is 0. The Hall–Kier alpha value is -0.530. The maximum absolute atomic E-state index is 9.40. The van der Waals surface area contributed by atoms with Crippen LogP contribution in [-0.2, 0) is 4.79 Å². The number of rotatable bonds is 2. The zero-order valence-electron chi connectivity index (χ0n) is 7.47. The average molecular weight is 219 g/mol. The van der Waals surface area contributed by atoms with Gasteiger partial charge in [0.05, 0.1) is 10.0 Å². The second-order valence-electron chi connectivity index (χ2n) is 2.37. The smallest absolute Gasteiger partial charge is 0.119 e. The highest BCUT2D eigenvalue weighted by atomic mass is 35.5. The molecule has 0 atom stereocenters. The summed E-state index contributed by atoms with van der Waals surface area (Å²) in [6, 6.07) is 7.19. The number of hydrogen-bond donors (Lipinski definition) is 0. The second kappa shape index (κ2) is 8.09. The Kier molecular flexibility index (Phi) is 7.76. The van der Waals surface area contributed by atoms with E-state index in [9.17, 15) is 4.79 Å². The van der Waals surface area contributed by atoms with E-state index in [1.165, 1.54) is 0 Å². The predicted molar refractivity (Wildman–Crippen MR) is 57.4 cm³/mol. The van der Waals surface area contributed by atoms with E-state index < -0.39 is 0 Å². The highest BCUT2D eigenvalue weighted by Crippen LogP contribution is 2.19. The molecule has 0 saturated heterocycles. The van der Waals surface area contributed by atoms with Crippen LogP contribution in [0.4, 0.5) is 0 Å². The number of carbonyl (C=O) groups excluding carboxylic acids is 1. The Morgan fingerprint density at radius 3 is 1.85 bits per heavy atom. The highest BCUT2D eigenvalue weighted by molar-refractivity contribution is 6.41. The van der Waals surface area contributed by atoms with Gasteiger partial charge in [-0.15, -0.1) is 0 Å². The minimum absolute atomic E-state index is 0.606. The summed E-state index contributed by atoms with van der Waals surface area (Å²) >= 11 is 11.2. The van der Waals surface area contributed by atoms with Gasteiger partial charge >= 0.3 is 0 Å². The number of aldehydes is 1. The molecule has 72 valence electrons. The first-order chi connectivity index (χ1) is 6.22. The Morgan fingerprint density at radius 1 is 1.23 bits per heavy atom. The van der Waals surface area contributed by atoms with Gasteiger partial charge in [-0.1, -0.05) is 42.3 Å². The lowest BCUT2D eigenvalue weighted by atomic mass is 10.4. The number of carbonyl (C=O) groups is 1. The monoisotopic (exact) mass is 218 g/mol. The summed E-state index contributed by atoms with van der Waals surface area (Å²) in [6.45, 7) is 1.98. The van der Waals surface area contributed by atoms with E-state index in [2.05, 4.69) is 0 Å². The van der Waals surface area contributed by atoms with E-state index in [-0.39, 0.29) is 0 Å².